The van der Waals surface area contributed by atoms with Crippen molar-refractivity contribution in [2.75, 3.05) is 0 Å². The number of aromatic amines is 1. The van der Waals surface area contributed by atoms with Crippen LogP contribution in [0, 0.1) is 0 Å². The summed E-state index contributed by atoms with van der Waals surface area (Å²) < 4.78 is 0. The molecule has 0 bridgehead atoms. The van der Waals surface area contributed by atoms with Crippen LogP contribution in [0.5, 0.6) is 5.88 Å². The number of hydrogen-bond acceptors (Lipinski definition) is 3. The predicted molar refractivity (Wildman–Crippen MR) is 112 cm³/mol. The Morgan fingerprint density at radius 2 is 1.68 bits per heavy atom. The van der Waals surface area contributed by atoms with Gasteiger partial charge in [0.25, 0.3) is 0 Å². The van der Waals surface area contributed by atoms with Crippen LogP contribution < -0.4 is 0 Å². The number of rotatable bonds is 3. The van der Waals surface area contributed by atoms with Gasteiger partial charge in [-0.2, -0.15) is 0 Å². The summed E-state index contributed by atoms with van der Waals surface area (Å²) in [5.74, 6) is 0.102. The van der Waals surface area contributed by atoms with Crippen molar-refractivity contribution in [2.24, 2.45) is 0 Å². The number of aromatic hydroxyl groups is 1. The maximum Gasteiger partial charge on any atom is 0.199 e. The lowest BCUT2D eigenvalue weighted by molar-refractivity contribution is 0.282. The number of fused-ring (bicyclic) bond motifs is 2. The molecule has 0 spiro atoms. The van der Waals surface area contributed by atoms with E-state index in [4.69, 9.17) is 4.98 Å². The summed E-state index contributed by atoms with van der Waals surface area (Å²) >= 11 is 0. The van der Waals surface area contributed by atoms with Gasteiger partial charge in [-0.15, -0.1) is 0 Å². The van der Waals surface area contributed by atoms with Crippen molar-refractivity contribution >= 4 is 21.8 Å². The van der Waals surface area contributed by atoms with Crippen molar-refractivity contribution in [3.8, 4) is 28.3 Å². The van der Waals surface area contributed by atoms with E-state index in [1.807, 2.05) is 78.9 Å². The lowest BCUT2D eigenvalue weighted by Crippen LogP contribution is -1.89. The van der Waals surface area contributed by atoms with E-state index in [9.17, 15) is 10.2 Å². The van der Waals surface area contributed by atoms with Crippen LogP contribution in [-0.4, -0.2) is 20.2 Å². The molecule has 0 saturated carbocycles. The predicted octanol–water partition coefficient (Wildman–Crippen LogP) is 5.25. The number of H-pyrrole nitrogens is 1. The lowest BCUT2D eigenvalue weighted by atomic mass is 9.97. The molecule has 3 aromatic carbocycles. The summed E-state index contributed by atoms with van der Waals surface area (Å²) in [5.41, 5.74) is 5.96. The topological polar surface area (TPSA) is 69.1 Å². The van der Waals surface area contributed by atoms with Crippen molar-refractivity contribution in [3.63, 3.8) is 0 Å². The fraction of sp³-hybridized carbons (Fsp3) is 0.0417. The zero-order chi connectivity index (χ0) is 19.1. The number of aromatic nitrogens is 2. The summed E-state index contributed by atoms with van der Waals surface area (Å²) in [6.07, 6.45) is 0. The van der Waals surface area contributed by atoms with Crippen molar-refractivity contribution in [2.45, 2.75) is 6.61 Å². The fourth-order valence-corrected chi connectivity index (χ4v) is 3.75. The van der Waals surface area contributed by atoms with Gasteiger partial charge in [0.2, 0.25) is 0 Å². The van der Waals surface area contributed by atoms with E-state index in [-0.39, 0.29) is 12.5 Å². The SMILES string of the molecule is OCc1ccccc1-c1ccc2[nH]c(O)c(-c3ccc4ccccc4n3)c2c1. The normalized spacial score (nSPS) is 11.3. The molecule has 0 aliphatic carbocycles. The van der Waals surface area contributed by atoms with Gasteiger partial charge in [-0.1, -0.05) is 54.6 Å². The molecule has 5 aromatic rings. The molecule has 136 valence electrons. The molecular weight excluding hydrogens is 348 g/mol. The van der Waals surface area contributed by atoms with Gasteiger partial charge in [-0.25, -0.2) is 4.98 Å². The minimum Gasteiger partial charge on any atom is -0.494 e. The zero-order valence-corrected chi connectivity index (χ0v) is 15.1. The first-order chi connectivity index (χ1) is 13.7. The average molecular weight is 366 g/mol. The van der Waals surface area contributed by atoms with Crippen LogP contribution in [0.2, 0.25) is 0 Å². The Kier molecular flexibility index (Phi) is 3.85. The van der Waals surface area contributed by atoms with Crippen LogP contribution in [0.1, 0.15) is 5.56 Å². The maximum absolute atomic E-state index is 10.6. The van der Waals surface area contributed by atoms with Crippen molar-refractivity contribution in [1.29, 1.82) is 0 Å². The molecule has 0 amide bonds. The third-order valence-corrected chi connectivity index (χ3v) is 5.13. The van der Waals surface area contributed by atoms with Gasteiger partial charge in [0, 0.05) is 16.3 Å². The van der Waals surface area contributed by atoms with Gasteiger partial charge < -0.3 is 15.2 Å². The van der Waals surface area contributed by atoms with E-state index in [0.717, 1.165) is 44.2 Å². The molecule has 0 aliphatic rings. The highest BCUT2D eigenvalue weighted by atomic mass is 16.3. The molecule has 0 atom stereocenters. The first-order valence-electron chi connectivity index (χ1n) is 9.14. The number of pyridine rings is 1. The highest BCUT2D eigenvalue weighted by Crippen LogP contribution is 2.38. The van der Waals surface area contributed by atoms with E-state index < -0.39 is 0 Å². The van der Waals surface area contributed by atoms with E-state index >= 15 is 0 Å². The van der Waals surface area contributed by atoms with Gasteiger partial charge in [0.15, 0.2) is 5.88 Å². The van der Waals surface area contributed by atoms with Crippen molar-refractivity contribution < 1.29 is 10.2 Å². The number of para-hydroxylation sites is 1. The molecule has 0 fully saturated rings. The maximum atomic E-state index is 10.6. The van der Waals surface area contributed by atoms with E-state index in [1.165, 1.54) is 0 Å². The largest absolute Gasteiger partial charge is 0.494 e. The second-order valence-corrected chi connectivity index (χ2v) is 6.81. The molecule has 2 aromatic heterocycles. The highest BCUT2D eigenvalue weighted by molar-refractivity contribution is 6.01. The summed E-state index contributed by atoms with van der Waals surface area (Å²) in [5, 5.41) is 22.2. The summed E-state index contributed by atoms with van der Waals surface area (Å²) in [6.45, 7) is -0.0221. The minimum absolute atomic E-state index is 0.0221. The summed E-state index contributed by atoms with van der Waals surface area (Å²) in [6, 6.07) is 25.6. The monoisotopic (exact) mass is 366 g/mol. The second kappa shape index (κ2) is 6.51. The quantitative estimate of drug-likeness (QED) is 0.408. The number of nitrogens with zero attached hydrogens (tertiary/aromatic N) is 1. The number of nitrogens with one attached hydrogen (secondary N) is 1. The molecule has 4 heteroatoms. The van der Waals surface area contributed by atoms with Gasteiger partial charge in [0.1, 0.15) is 0 Å². The molecule has 0 saturated heterocycles. The minimum atomic E-state index is -0.0221. The Labute approximate surface area is 161 Å². The smallest absolute Gasteiger partial charge is 0.199 e. The molecule has 0 unspecified atom stereocenters. The number of aliphatic hydroxyl groups is 1. The van der Waals surface area contributed by atoms with E-state index in [0.29, 0.717) is 5.56 Å². The third-order valence-electron chi connectivity index (χ3n) is 5.13. The Morgan fingerprint density at radius 1 is 0.857 bits per heavy atom. The third kappa shape index (κ3) is 2.63. The van der Waals surface area contributed by atoms with Crippen LogP contribution in [0.4, 0.5) is 0 Å². The van der Waals surface area contributed by atoms with Crippen LogP contribution in [0.25, 0.3) is 44.2 Å². The zero-order valence-electron chi connectivity index (χ0n) is 15.1. The Bertz CT molecular complexity index is 1320. The number of hydrogen-bond donors (Lipinski definition) is 3. The molecule has 28 heavy (non-hydrogen) atoms. The Morgan fingerprint density at radius 3 is 2.57 bits per heavy atom. The van der Waals surface area contributed by atoms with Gasteiger partial charge in [-0.3, -0.25) is 0 Å². The summed E-state index contributed by atoms with van der Waals surface area (Å²) in [7, 11) is 0. The van der Waals surface area contributed by atoms with Crippen LogP contribution in [0.15, 0.2) is 78.9 Å². The van der Waals surface area contributed by atoms with E-state index in [2.05, 4.69) is 4.98 Å². The molecular formula is C24H18N2O2. The molecule has 0 radical (unpaired) electrons. The summed E-state index contributed by atoms with van der Waals surface area (Å²) in [4.78, 5) is 7.79. The van der Waals surface area contributed by atoms with Crippen LogP contribution in [-0.2, 0) is 6.61 Å². The Balaban J connectivity index is 1.73. The van der Waals surface area contributed by atoms with Crippen molar-refractivity contribution in [1.82, 2.24) is 9.97 Å². The number of benzene rings is 3. The number of aliphatic hydroxyl groups excluding tert-OH is 1. The molecule has 2 heterocycles. The standard InChI is InChI=1S/C24H18N2O2/c27-14-17-6-1-3-7-18(17)16-10-11-21-19(13-16)23(24(28)26-21)22-12-9-15-5-2-4-8-20(15)25-22/h1-13,26-28H,14H2. The first kappa shape index (κ1) is 16.5. The van der Waals surface area contributed by atoms with E-state index in [1.54, 1.807) is 0 Å². The highest BCUT2D eigenvalue weighted by Gasteiger charge is 2.16. The molecule has 3 N–H and O–H groups in total. The fourth-order valence-electron chi connectivity index (χ4n) is 3.75. The van der Waals surface area contributed by atoms with Gasteiger partial charge >= 0.3 is 0 Å². The molecule has 5 rings (SSSR count). The lowest BCUT2D eigenvalue weighted by Gasteiger charge is -2.08. The van der Waals surface area contributed by atoms with Crippen LogP contribution in [0.3, 0.4) is 0 Å². The second-order valence-electron chi connectivity index (χ2n) is 6.81. The first-order valence-corrected chi connectivity index (χ1v) is 9.14. The van der Waals surface area contributed by atoms with Gasteiger partial charge in [0.05, 0.1) is 23.4 Å². The molecule has 0 aliphatic heterocycles. The Hall–Kier alpha value is -3.63. The average Bonchev–Trinajstić information content (AvgIpc) is 3.08. The van der Waals surface area contributed by atoms with Gasteiger partial charge in [-0.05, 0) is 41.0 Å². The van der Waals surface area contributed by atoms with Crippen molar-refractivity contribution in [3.05, 3.63) is 84.4 Å². The molecule has 4 nitrogen and oxygen atoms in total. The van der Waals surface area contributed by atoms with Crippen LogP contribution >= 0.6 is 0 Å².